The highest BCUT2D eigenvalue weighted by Crippen LogP contribution is 2.32. The van der Waals surface area contributed by atoms with Crippen LogP contribution in [0.5, 0.6) is 0 Å². The number of benzene rings is 2. The van der Waals surface area contributed by atoms with Gasteiger partial charge in [-0.3, -0.25) is 14.9 Å². The number of fused-ring (bicyclic) bond motifs is 1. The van der Waals surface area contributed by atoms with E-state index in [1.54, 1.807) is 12.3 Å². The number of allylic oxidation sites excluding steroid dienone is 1. The minimum Gasteiger partial charge on any atom is -0.383 e. The van der Waals surface area contributed by atoms with Crippen molar-refractivity contribution in [1.82, 2.24) is 9.78 Å². The third-order valence-corrected chi connectivity index (χ3v) is 3.83. The van der Waals surface area contributed by atoms with Crippen LogP contribution < -0.4 is 11.3 Å². The van der Waals surface area contributed by atoms with Crippen LogP contribution >= 0.6 is 0 Å². The maximum absolute atomic E-state index is 12.7. The van der Waals surface area contributed by atoms with E-state index in [4.69, 9.17) is 5.73 Å². The molecule has 112 valence electrons. The lowest BCUT2D eigenvalue weighted by molar-refractivity contribution is 0.853. The van der Waals surface area contributed by atoms with Crippen LogP contribution in [-0.2, 0) is 0 Å². The Morgan fingerprint density at radius 3 is 2.61 bits per heavy atom. The highest BCUT2D eigenvalue weighted by molar-refractivity contribution is 6.21. The number of nitrogens with one attached hydrogen (secondary N) is 1. The Balaban J connectivity index is 1.83. The van der Waals surface area contributed by atoms with Gasteiger partial charge in [-0.05, 0) is 24.3 Å². The molecule has 2 aromatic carbocycles. The lowest BCUT2D eigenvalue weighted by Gasteiger charge is -1.99. The van der Waals surface area contributed by atoms with E-state index in [-0.39, 0.29) is 5.56 Å². The van der Waals surface area contributed by atoms with Crippen molar-refractivity contribution < 1.29 is 0 Å². The maximum Gasteiger partial charge on any atom is 0.280 e. The summed E-state index contributed by atoms with van der Waals surface area (Å²) < 4.78 is 1.44. The second kappa shape index (κ2) is 5.14. The fourth-order valence-electron chi connectivity index (χ4n) is 2.67. The van der Waals surface area contributed by atoms with Gasteiger partial charge in [0, 0.05) is 17.4 Å². The van der Waals surface area contributed by atoms with E-state index in [0.717, 1.165) is 22.5 Å². The van der Waals surface area contributed by atoms with Crippen molar-refractivity contribution in [2.75, 3.05) is 5.73 Å². The third-order valence-electron chi connectivity index (χ3n) is 3.83. The number of H-pyrrole nitrogens is 1. The highest BCUT2D eigenvalue weighted by Gasteiger charge is 2.15. The number of anilines is 1. The van der Waals surface area contributed by atoms with Gasteiger partial charge >= 0.3 is 0 Å². The summed E-state index contributed by atoms with van der Waals surface area (Å²) in [4.78, 5) is 17.0. The fourth-order valence-corrected chi connectivity index (χ4v) is 2.67. The van der Waals surface area contributed by atoms with E-state index in [9.17, 15) is 4.79 Å². The molecule has 3 N–H and O–H groups in total. The lowest BCUT2D eigenvalue weighted by atomic mass is 10.1. The molecule has 0 aliphatic carbocycles. The summed E-state index contributed by atoms with van der Waals surface area (Å²) in [5.74, 6) is 0.337. The topological polar surface area (TPSA) is 76.2 Å². The molecule has 0 amide bonds. The zero-order chi connectivity index (χ0) is 15.8. The molecule has 5 heteroatoms. The van der Waals surface area contributed by atoms with Crippen LogP contribution in [0, 0.1) is 0 Å². The molecule has 2 heterocycles. The molecular formula is C18H14N4O. The number of hydrogen-bond acceptors (Lipinski definition) is 3. The van der Waals surface area contributed by atoms with Crippen molar-refractivity contribution in [2.24, 2.45) is 4.99 Å². The first kappa shape index (κ1) is 13.3. The largest absolute Gasteiger partial charge is 0.383 e. The van der Waals surface area contributed by atoms with Crippen LogP contribution in [0.3, 0.4) is 0 Å². The Labute approximate surface area is 132 Å². The van der Waals surface area contributed by atoms with E-state index >= 15 is 0 Å². The molecule has 0 saturated heterocycles. The minimum atomic E-state index is -0.181. The van der Waals surface area contributed by atoms with Crippen LogP contribution in [-0.4, -0.2) is 16.0 Å². The van der Waals surface area contributed by atoms with Crippen LogP contribution in [0.25, 0.3) is 17.3 Å². The van der Waals surface area contributed by atoms with Gasteiger partial charge in [0.05, 0.1) is 16.9 Å². The van der Waals surface area contributed by atoms with Crippen molar-refractivity contribution in [3.63, 3.8) is 0 Å². The molecule has 23 heavy (non-hydrogen) atoms. The molecule has 0 radical (unpaired) electrons. The van der Waals surface area contributed by atoms with Gasteiger partial charge in [-0.2, -0.15) is 0 Å². The molecule has 0 atom stereocenters. The molecule has 5 nitrogen and oxygen atoms in total. The van der Waals surface area contributed by atoms with Gasteiger partial charge in [-0.15, -0.1) is 0 Å². The maximum atomic E-state index is 12.7. The number of nitrogens with zero attached hydrogens (tertiary/aromatic N) is 2. The van der Waals surface area contributed by atoms with Gasteiger partial charge in [0.25, 0.3) is 5.56 Å². The molecule has 0 unspecified atom stereocenters. The second-order valence-corrected chi connectivity index (χ2v) is 5.29. The fraction of sp³-hybridized carbons (Fsp3) is 0. The van der Waals surface area contributed by atoms with Gasteiger partial charge < -0.3 is 5.73 Å². The number of aromatic amines is 1. The van der Waals surface area contributed by atoms with E-state index < -0.39 is 0 Å². The number of hydrogen-bond donors (Lipinski definition) is 2. The summed E-state index contributed by atoms with van der Waals surface area (Å²) in [6.07, 6.45) is 3.53. The Kier molecular flexibility index (Phi) is 2.98. The standard InChI is InChI=1S/C18H14N4O/c19-17-15(10-12-11-20-16-9-5-4-8-14(12)16)18(23)22(21-17)13-6-2-1-3-7-13/h1-11,21H,19H2/b12-10-. The molecule has 0 spiro atoms. The summed E-state index contributed by atoms with van der Waals surface area (Å²) in [6.45, 7) is 0. The van der Waals surface area contributed by atoms with Gasteiger partial charge in [-0.25, -0.2) is 4.68 Å². The van der Waals surface area contributed by atoms with Gasteiger partial charge in [-0.1, -0.05) is 36.4 Å². The zero-order valence-electron chi connectivity index (χ0n) is 12.2. The molecule has 1 aliphatic heterocycles. The Hall–Kier alpha value is -3.34. The lowest BCUT2D eigenvalue weighted by Crippen LogP contribution is -2.15. The number of aliphatic imine (C=N–C) groups is 1. The average molecular weight is 302 g/mol. The molecule has 1 aliphatic rings. The normalized spacial score (nSPS) is 14.3. The summed E-state index contributed by atoms with van der Waals surface area (Å²) in [6, 6.07) is 17.1. The molecule has 3 aromatic rings. The Morgan fingerprint density at radius 2 is 1.78 bits per heavy atom. The van der Waals surface area contributed by atoms with E-state index in [1.807, 2.05) is 54.6 Å². The summed E-state index contributed by atoms with van der Waals surface area (Å²) >= 11 is 0. The first-order valence-corrected chi connectivity index (χ1v) is 7.25. The smallest absolute Gasteiger partial charge is 0.280 e. The SMILES string of the molecule is Nc1[nH]n(-c2ccccc2)c(=O)c1/C=C1/C=Nc2ccccc21. The first-order chi connectivity index (χ1) is 11.2. The van der Waals surface area contributed by atoms with E-state index in [2.05, 4.69) is 10.1 Å². The number of nitrogens with two attached hydrogens (primary N) is 1. The minimum absolute atomic E-state index is 0.181. The van der Waals surface area contributed by atoms with Crippen molar-refractivity contribution in [2.45, 2.75) is 0 Å². The van der Waals surface area contributed by atoms with Crippen molar-refractivity contribution >= 4 is 29.4 Å². The quantitative estimate of drug-likeness (QED) is 0.763. The number of aromatic nitrogens is 2. The summed E-state index contributed by atoms with van der Waals surface area (Å²) in [5, 5.41) is 2.92. The van der Waals surface area contributed by atoms with Crippen LogP contribution in [0.1, 0.15) is 11.1 Å². The molecule has 0 bridgehead atoms. The Morgan fingerprint density at radius 1 is 1.04 bits per heavy atom. The molecule has 1 aromatic heterocycles. The van der Waals surface area contributed by atoms with Gasteiger partial charge in [0.15, 0.2) is 0 Å². The van der Waals surface area contributed by atoms with Crippen molar-refractivity contribution in [3.05, 3.63) is 76.1 Å². The first-order valence-electron chi connectivity index (χ1n) is 7.25. The highest BCUT2D eigenvalue weighted by atomic mass is 16.1. The molecule has 4 rings (SSSR count). The van der Waals surface area contributed by atoms with Crippen LogP contribution in [0.15, 0.2) is 64.4 Å². The van der Waals surface area contributed by atoms with Gasteiger partial charge in [0.2, 0.25) is 0 Å². The third kappa shape index (κ3) is 2.19. The predicted octanol–water partition coefficient (Wildman–Crippen LogP) is 3.00. The predicted molar refractivity (Wildman–Crippen MR) is 93.3 cm³/mol. The average Bonchev–Trinajstić information content (AvgIpc) is 3.12. The number of rotatable bonds is 2. The Bertz CT molecular complexity index is 993. The molecule has 0 fully saturated rings. The van der Waals surface area contributed by atoms with E-state index in [0.29, 0.717) is 11.4 Å². The van der Waals surface area contributed by atoms with Crippen LogP contribution in [0.4, 0.5) is 11.5 Å². The zero-order valence-corrected chi connectivity index (χ0v) is 12.2. The van der Waals surface area contributed by atoms with E-state index in [1.165, 1.54) is 4.68 Å². The van der Waals surface area contributed by atoms with Gasteiger partial charge in [0.1, 0.15) is 5.82 Å². The number of para-hydroxylation sites is 2. The number of nitrogen functional groups attached to an aromatic ring is 1. The molecule has 0 saturated carbocycles. The summed E-state index contributed by atoms with van der Waals surface area (Å²) in [7, 11) is 0. The van der Waals surface area contributed by atoms with Crippen molar-refractivity contribution in [1.29, 1.82) is 0 Å². The summed E-state index contributed by atoms with van der Waals surface area (Å²) in [5.41, 5.74) is 9.79. The molecular weight excluding hydrogens is 288 g/mol. The van der Waals surface area contributed by atoms with Crippen molar-refractivity contribution in [3.8, 4) is 5.69 Å². The monoisotopic (exact) mass is 302 g/mol. The second-order valence-electron chi connectivity index (χ2n) is 5.29. The van der Waals surface area contributed by atoms with Crippen LogP contribution in [0.2, 0.25) is 0 Å².